The second-order valence-electron chi connectivity index (χ2n) is 18.5. The zero-order valence-corrected chi connectivity index (χ0v) is 40.0. The van der Waals surface area contributed by atoms with Gasteiger partial charge in [0.1, 0.15) is 30.0 Å². The summed E-state index contributed by atoms with van der Waals surface area (Å²) in [5.74, 6) is -0.392. The number of piperidine rings is 1. The Morgan fingerprint density at radius 2 is 1.81 bits per heavy atom. The molecule has 2 aliphatic carbocycles. The van der Waals surface area contributed by atoms with Gasteiger partial charge in [-0.25, -0.2) is 18.2 Å². The molecular formula is C47H65IN6O9S. The molecule has 4 amide bonds. The van der Waals surface area contributed by atoms with Crippen molar-refractivity contribution < 1.29 is 42.2 Å². The normalized spacial score (nSPS) is 26.3. The Hall–Kier alpha value is -3.97. The van der Waals surface area contributed by atoms with E-state index in [0.717, 1.165) is 56.6 Å². The standard InChI is InChI=1S/C47H65IN6O9S/c1-47(24-25-47)64(60,61)52-43(56)40-36(48)19-9-3-2-4-10-21-38(50-46(58)59)45(57)54-31-33(30-39(54)42(55)51-40)63-44-35(18-8-5-7-16-32-22-23-32)41(34-17-11-12-20-37(34)49-44)62-29-15-28-53-26-13-6-14-27-53/h8-9,11-12,17-20,32-33,36,38-40,50H,2-7,10,13-16,21-31H2,1H3,(H,51,55)(H,52,56)(H,58,59)/b18-8+,19-9-/t33-,36+,38+,39+,40?/m1/s1. The SMILES string of the molecule is CC1(S(=O)(=O)NC(=O)C2NC(=O)[C@@H]3C[C@@H](Oc4nc5ccccc5c(OCCCN5CCCCC5)c4/C=C/CCCC4CC4)CN3C(=O)[C@@H](NC(=O)O)CCCCC/C=C\[C@@H]2I)CC1. The van der Waals surface area contributed by atoms with Crippen LogP contribution in [0.3, 0.4) is 0 Å². The summed E-state index contributed by atoms with van der Waals surface area (Å²) in [5.41, 5.74) is 1.32. The second-order valence-corrected chi connectivity index (χ2v) is 22.1. The molecule has 350 valence electrons. The first-order valence-electron chi connectivity index (χ1n) is 23.4. The second kappa shape index (κ2) is 22.0. The van der Waals surface area contributed by atoms with Crippen LogP contribution in [0.1, 0.15) is 122 Å². The Balaban J connectivity index is 1.19. The van der Waals surface area contributed by atoms with Gasteiger partial charge in [0.05, 0.1) is 32.9 Å². The van der Waals surface area contributed by atoms with E-state index < -0.39 is 66.7 Å². The van der Waals surface area contributed by atoms with E-state index in [-0.39, 0.29) is 25.3 Å². The van der Waals surface area contributed by atoms with Crippen LogP contribution in [-0.2, 0) is 24.4 Å². The molecule has 4 fully saturated rings. The van der Waals surface area contributed by atoms with Crippen molar-refractivity contribution >= 4 is 73.4 Å². The van der Waals surface area contributed by atoms with Crippen molar-refractivity contribution in [1.29, 1.82) is 0 Å². The molecule has 4 N–H and O–H groups in total. The van der Waals surface area contributed by atoms with Crippen molar-refractivity contribution in [2.24, 2.45) is 5.92 Å². The van der Waals surface area contributed by atoms with Crippen LogP contribution in [0.5, 0.6) is 11.6 Å². The van der Waals surface area contributed by atoms with Gasteiger partial charge in [-0.2, -0.15) is 0 Å². The van der Waals surface area contributed by atoms with Gasteiger partial charge in [-0.05, 0) is 108 Å². The number of rotatable bonds is 16. The average molecular weight is 1020 g/mol. The first kappa shape index (κ1) is 48.0. The molecule has 0 spiro atoms. The molecule has 4 heterocycles. The van der Waals surface area contributed by atoms with Crippen LogP contribution in [-0.4, -0.2) is 118 Å². The number of benzene rings is 1. The van der Waals surface area contributed by atoms with Gasteiger partial charge in [0.2, 0.25) is 27.7 Å². The zero-order valence-electron chi connectivity index (χ0n) is 37.0. The molecule has 17 heteroatoms. The number of para-hydroxylation sites is 1. The number of amides is 4. The summed E-state index contributed by atoms with van der Waals surface area (Å²) in [6, 6.07) is 4.11. The molecule has 3 aliphatic heterocycles. The largest absolute Gasteiger partial charge is 0.492 e. The van der Waals surface area contributed by atoms with Crippen LogP contribution in [0.15, 0.2) is 42.5 Å². The molecule has 15 nitrogen and oxygen atoms in total. The third-order valence-electron chi connectivity index (χ3n) is 13.3. The molecular weight excluding hydrogens is 952 g/mol. The summed E-state index contributed by atoms with van der Waals surface area (Å²) in [7, 11) is -4.03. The number of pyridine rings is 1. The highest BCUT2D eigenvalue weighted by atomic mass is 127. The maximum absolute atomic E-state index is 14.5. The van der Waals surface area contributed by atoms with Gasteiger partial charge in [0.25, 0.3) is 5.91 Å². The van der Waals surface area contributed by atoms with Gasteiger partial charge < -0.3 is 35.0 Å². The average Bonchev–Trinajstić information content (AvgIpc) is 4.21. The van der Waals surface area contributed by atoms with Gasteiger partial charge in [-0.1, -0.05) is 91.5 Å². The third-order valence-corrected chi connectivity index (χ3v) is 16.6. The first-order valence-corrected chi connectivity index (χ1v) is 26.1. The number of fused-ring (bicyclic) bond motifs is 2. The number of alkyl halides is 1. The monoisotopic (exact) mass is 1020 g/mol. The minimum Gasteiger partial charge on any atom is -0.492 e. The van der Waals surface area contributed by atoms with Crippen molar-refractivity contribution in [3.05, 3.63) is 48.1 Å². The number of nitrogens with zero attached hydrogens (tertiary/aromatic N) is 3. The maximum Gasteiger partial charge on any atom is 0.405 e. The number of carbonyl (C=O) groups is 4. The highest BCUT2D eigenvalue weighted by Gasteiger charge is 2.52. The number of hydrogen-bond donors (Lipinski definition) is 4. The summed E-state index contributed by atoms with van der Waals surface area (Å²) in [6.07, 6.45) is 19.6. The molecule has 2 saturated carbocycles. The Morgan fingerprint density at radius 3 is 2.56 bits per heavy atom. The Kier molecular flexibility index (Phi) is 16.5. The molecule has 2 saturated heterocycles. The van der Waals surface area contributed by atoms with E-state index in [0.29, 0.717) is 55.5 Å². The van der Waals surface area contributed by atoms with Crippen LogP contribution >= 0.6 is 22.6 Å². The number of nitrogens with one attached hydrogen (secondary N) is 3. The fourth-order valence-corrected chi connectivity index (χ4v) is 11.0. The number of ether oxygens (including phenoxy) is 2. The van der Waals surface area contributed by atoms with Crippen molar-refractivity contribution in [2.75, 3.05) is 32.8 Å². The summed E-state index contributed by atoms with van der Waals surface area (Å²) in [5, 5.41) is 15.8. The molecule has 7 rings (SSSR count). The Morgan fingerprint density at radius 1 is 1.05 bits per heavy atom. The molecule has 1 aromatic heterocycles. The highest BCUT2D eigenvalue weighted by Crippen LogP contribution is 2.42. The van der Waals surface area contributed by atoms with Gasteiger partial charge in [0, 0.05) is 18.4 Å². The van der Waals surface area contributed by atoms with E-state index in [4.69, 9.17) is 14.5 Å². The number of carboxylic acid groups (broad SMARTS) is 1. The predicted octanol–water partition coefficient (Wildman–Crippen LogP) is 6.87. The minimum atomic E-state index is -4.03. The van der Waals surface area contributed by atoms with Crippen LogP contribution in [0.25, 0.3) is 17.0 Å². The fourth-order valence-electron chi connectivity index (χ4n) is 8.91. The number of sulfonamides is 1. The van der Waals surface area contributed by atoms with Crippen molar-refractivity contribution in [3.8, 4) is 11.6 Å². The molecule has 64 heavy (non-hydrogen) atoms. The van der Waals surface area contributed by atoms with E-state index in [1.54, 1.807) is 13.0 Å². The summed E-state index contributed by atoms with van der Waals surface area (Å²) >= 11 is 2.02. The first-order chi connectivity index (χ1) is 30.8. The smallest absolute Gasteiger partial charge is 0.405 e. The number of allylic oxidation sites excluding steroid dienone is 2. The summed E-state index contributed by atoms with van der Waals surface area (Å²) in [6.45, 7) is 5.14. The van der Waals surface area contributed by atoms with Crippen LogP contribution < -0.4 is 24.8 Å². The quantitative estimate of drug-likeness (QED) is 0.0593. The van der Waals surface area contributed by atoms with Gasteiger partial charge in [-0.3, -0.25) is 19.1 Å². The van der Waals surface area contributed by atoms with Gasteiger partial charge in [0.15, 0.2) is 0 Å². The maximum atomic E-state index is 14.5. The molecule has 1 aromatic carbocycles. The van der Waals surface area contributed by atoms with E-state index in [1.807, 2.05) is 59.0 Å². The molecule has 2 aromatic rings. The summed E-state index contributed by atoms with van der Waals surface area (Å²) < 4.78 is 40.4. The number of aromatic nitrogens is 1. The van der Waals surface area contributed by atoms with Crippen molar-refractivity contribution in [1.82, 2.24) is 30.1 Å². The molecule has 5 atom stereocenters. The van der Waals surface area contributed by atoms with Gasteiger partial charge >= 0.3 is 6.09 Å². The Bertz CT molecular complexity index is 2160. The third kappa shape index (κ3) is 12.7. The lowest BCUT2D eigenvalue weighted by molar-refractivity contribution is -0.140. The van der Waals surface area contributed by atoms with E-state index in [9.17, 15) is 32.7 Å². The van der Waals surface area contributed by atoms with Crippen molar-refractivity contribution in [3.63, 3.8) is 0 Å². The van der Waals surface area contributed by atoms with Crippen molar-refractivity contribution in [2.45, 2.75) is 149 Å². The number of halogens is 1. The fraction of sp³-hybridized carbons (Fsp3) is 0.638. The lowest BCUT2D eigenvalue weighted by Gasteiger charge is -2.29. The Labute approximate surface area is 391 Å². The number of carbonyl (C=O) groups excluding carboxylic acids is 3. The van der Waals surface area contributed by atoms with Crippen LogP contribution in [0.2, 0.25) is 0 Å². The number of hydrogen-bond acceptors (Lipinski definition) is 10. The lowest BCUT2D eigenvalue weighted by atomic mass is 10.1. The van der Waals surface area contributed by atoms with E-state index >= 15 is 0 Å². The predicted molar refractivity (Wildman–Crippen MR) is 254 cm³/mol. The van der Waals surface area contributed by atoms with Crippen LogP contribution in [0, 0.1) is 5.92 Å². The lowest BCUT2D eigenvalue weighted by Crippen LogP contribution is -2.58. The minimum absolute atomic E-state index is 0.00506. The highest BCUT2D eigenvalue weighted by molar-refractivity contribution is 14.1. The molecule has 0 radical (unpaired) electrons. The van der Waals surface area contributed by atoms with E-state index in [2.05, 4.69) is 26.3 Å². The zero-order chi connectivity index (χ0) is 45.3. The number of likely N-dealkylation sites (tertiary alicyclic amines) is 1. The van der Waals surface area contributed by atoms with Crippen LogP contribution in [0.4, 0.5) is 4.79 Å². The summed E-state index contributed by atoms with van der Waals surface area (Å²) in [4.78, 5) is 63.7. The topological polar surface area (TPSA) is 197 Å². The molecule has 1 unspecified atom stereocenters. The van der Waals surface area contributed by atoms with E-state index in [1.165, 1.54) is 43.4 Å². The molecule has 5 aliphatic rings. The molecule has 0 bridgehead atoms. The van der Waals surface area contributed by atoms with Gasteiger partial charge in [-0.15, -0.1) is 0 Å². The number of unbranched alkanes of at least 4 members (excludes halogenated alkanes) is 1.